The smallest absolute Gasteiger partial charge is 0.282 e. The standard InChI is InChI=1S/C21H22BrN3O2/c1-13(2)20-24-19-10-7-16(22)11-18(19)21(26)25(20)23-12-15-5-8-17(9-6-15)27-14(3)4/h5-14H,1-4H3. The number of halogens is 1. The van der Waals surface area contributed by atoms with Crippen molar-refractivity contribution in [1.29, 1.82) is 0 Å². The monoisotopic (exact) mass is 427 g/mol. The number of benzene rings is 2. The van der Waals surface area contributed by atoms with Crippen LogP contribution in [0.2, 0.25) is 0 Å². The molecule has 0 saturated heterocycles. The van der Waals surface area contributed by atoms with Crippen molar-refractivity contribution < 1.29 is 4.74 Å². The molecule has 3 rings (SSSR count). The second-order valence-corrected chi connectivity index (χ2v) is 7.80. The van der Waals surface area contributed by atoms with Crippen molar-refractivity contribution in [3.05, 3.63) is 68.7 Å². The van der Waals surface area contributed by atoms with E-state index >= 15 is 0 Å². The molecular formula is C21H22BrN3O2. The zero-order valence-electron chi connectivity index (χ0n) is 15.8. The van der Waals surface area contributed by atoms with Crippen molar-refractivity contribution in [1.82, 2.24) is 9.66 Å². The van der Waals surface area contributed by atoms with Gasteiger partial charge >= 0.3 is 0 Å². The molecule has 140 valence electrons. The lowest BCUT2D eigenvalue weighted by Gasteiger charge is -2.12. The lowest BCUT2D eigenvalue weighted by atomic mass is 10.2. The molecule has 0 atom stereocenters. The average Bonchev–Trinajstić information content (AvgIpc) is 2.62. The maximum absolute atomic E-state index is 13.0. The van der Waals surface area contributed by atoms with E-state index in [1.165, 1.54) is 4.68 Å². The fraction of sp³-hybridized carbons (Fsp3) is 0.286. The predicted molar refractivity (Wildman–Crippen MR) is 113 cm³/mol. The van der Waals surface area contributed by atoms with Crippen LogP contribution in [0.4, 0.5) is 0 Å². The summed E-state index contributed by atoms with van der Waals surface area (Å²) in [5.74, 6) is 1.50. The van der Waals surface area contributed by atoms with E-state index in [4.69, 9.17) is 4.74 Å². The first-order valence-corrected chi connectivity index (χ1v) is 9.67. The second kappa shape index (κ2) is 8.05. The van der Waals surface area contributed by atoms with E-state index in [9.17, 15) is 4.79 Å². The van der Waals surface area contributed by atoms with E-state index in [1.54, 1.807) is 12.3 Å². The summed E-state index contributed by atoms with van der Waals surface area (Å²) in [6.07, 6.45) is 1.79. The molecule has 1 heterocycles. The Balaban J connectivity index is 2.02. The molecule has 0 unspecified atom stereocenters. The largest absolute Gasteiger partial charge is 0.491 e. The van der Waals surface area contributed by atoms with Gasteiger partial charge in [-0.15, -0.1) is 0 Å². The molecule has 0 amide bonds. The molecule has 1 aromatic heterocycles. The Labute approximate surface area is 166 Å². The maximum Gasteiger partial charge on any atom is 0.282 e. The molecule has 0 spiro atoms. The highest BCUT2D eigenvalue weighted by molar-refractivity contribution is 9.10. The Morgan fingerprint density at radius 3 is 2.44 bits per heavy atom. The summed E-state index contributed by atoms with van der Waals surface area (Å²) in [6, 6.07) is 13.1. The SMILES string of the molecule is CC(C)Oc1ccc(C=Nn2c(C(C)C)nc3ccc(Br)cc3c2=O)cc1. The van der Waals surface area contributed by atoms with Crippen molar-refractivity contribution in [2.75, 3.05) is 0 Å². The Morgan fingerprint density at radius 2 is 1.81 bits per heavy atom. The minimum Gasteiger partial charge on any atom is -0.491 e. The maximum atomic E-state index is 13.0. The summed E-state index contributed by atoms with van der Waals surface area (Å²) in [5.41, 5.74) is 1.37. The summed E-state index contributed by atoms with van der Waals surface area (Å²) >= 11 is 3.41. The first kappa shape index (κ1) is 19.3. The van der Waals surface area contributed by atoms with Gasteiger partial charge in [0.2, 0.25) is 0 Å². The number of ether oxygens (including phenoxy) is 1. The molecule has 6 heteroatoms. The van der Waals surface area contributed by atoms with Crippen molar-refractivity contribution >= 4 is 33.0 Å². The van der Waals surface area contributed by atoms with Gasteiger partial charge in [-0.2, -0.15) is 9.78 Å². The summed E-state index contributed by atoms with van der Waals surface area (Å²) < 4.78 is 7.87. The summed E-state index contributed by atoms with van der Waals surface area (Å²) in [6.45, 7) is 7.97. The number of hydrogen-bond donors (Lipinski definition) is 0. The molecule has 0 N–H and O–H groups in total. The van der Waals surface area contributed by atoms with Gasteiger partial charge in [-0.1, -0.05) is 29.8 Å². The second-order valence-electron chi connectivity index (χ2n) is 6.88. The Bertz CT molecular complexity index is 1040. The fourth-order valence-corrected chi connectivity index (χ4v) is 3.04. The van der Waals surface area contributed by atoms with Crippen molar-refractivity contribution in [3.8, 4) is 5.75 Å². The average molecular weight is 428 g/mol. The Hall–Kier alpha value is -2.47. The highest BCUT2D eigenvalue weighted by Crippen LogP contribution is 2.19. The van der Waals surface area contributed by atoms with Crippen molar-refractivity contribution in [3.63, 3.8) is 0 Å². The van der Waals surface area contributed by atoms with Gasteiger partial charge in [0, 0.05) is 10.4 Å². The minimum absolute atomic E-state index is 0.0599. The highest BCUT2D eigenvalue weighted by Gasteiger charge is 2.13. The summed E-state index contributed by atoms with van der Waals surface area (Å²) in [7, 11) is 0. The third kappa shape index (κ3) is 4.45. The normalized spacial score (nSPS) is 11.8. The highest BCUT2D eigenvalue weighted by atomic mass is 79.9. The molecule has 0 aliphatic rings. The van der Waals surface area contributed by atoms with Gasteiger partial charge in [0.25, 0.3) is 5.56 Å². The molecule has 27 heavy (non-hydrogen) atoms. The zero-order chi connectivity index (χ0) is 19.6. The topological polar surface area (TPSA) is 56.5 Å². The number of aromatic nitrogens is 2. The number of nitrogens with zero attached hydrogens (tertiary/aromatic N) is 3. The Kier molecular flexibility index (Phi) is 5.75. The molecule has 2 aromatic carbocycles. The third-order valence-electron chi connectivity index (χ3n) is 3.92. The number of hydrogen-bond acceptors (Lipinski definition) is 4. The molecule has 0 radical (unpaired) electrons. The molecule has 0 saturated carbocycles. The van der Waals surface area contributed by atoms with Crippen LogP contribution in [0, 0.1) is 0 Å². The molecular weight excluding hydrogens is 406 g/mol. The van der Waals surface area contributed by atoms with Gasteiger partial charge in [0.15, 0.2) is 0 Å². The van der Waals surface area contributed by atoms with Crippen LogP contribution in [0.25, 0.3) is 10.9 Å². The van der Waals surface area contributed by atoms with Crippen LogP contribution in [0.5, 0.6) is 5.75 Å². The number of rotatable bonds is 5. The van der Waals surface area contributed by atoms with Crippen LogP contribution in [0.3, 0.4) is 0 Å². The molecule has 0 bridgehead atoms. The molecule has 0 aliphatic carbocycles. The minimum atomic E-state index is -0.180. The van der Waals surface area contributed by atoms with Crippen LogP contribution >= 0.6 is 15.9 Å². The lowest BCUT2D eigenvalue weighted by Crippen LogP contribution is -2.23. The summed E-state index contributed by atoms with van der Waals surface area (Å²) in [4.78, 5) is 17.6. The lowest BCUT2D eigenvalue weighted by molar-refractivity contribution is 0.242. The van der Waals surface area contributed by atoms with Gasteiger partial charge in [-0.05, 0) is 61.9 Å². The Morgan fingerprint density at radius 1 is 1.11 bits per heavy atom. The third-order valence-corrected chi connectivity index (χ3v) is 4.42. The first-order chi connectivity index (χ1) is 12.8. The summed E-state index contributed by atoms with van der Waals surface area (Å²) in [5, 5.41) is 4.96. The van der Waals surface area contributed by atoms with Crippen LogP contribution < -0.4 is 10.3 Å². The predicted octanol–water partition coefficient (Wildman–Crippen LogP) is 4.95. The van der Waals surface area contributed by atoms with Crippen molar-refractivity contribution in [2.45, 2.75) is 39.7 Å². The fourth-order valence-electron chi connectivity index (χ4n) is 2.68. The van der Waals surface area contributed by atoms with Crippen LogP contribution in [-0.2, 0) is 0 Å². The molecule has 5 nitrogen and oxygen atoms in total. The van der Waals surface area contributed by atoms with E-state index in [-0.39, 0.29) is 17.6 Å². The molecule has 0 fully saturated rings. The van der Waals surface area contributed by atoms with Gasteiger partial charge in [0.1, 0.15) is 11.6 Å². The van der Waals surface area contributed by atoms with Gasteiger partial charge in [-0.3, -0.25) is 4.79 Å². The van der Waals surface area contributed by atoms with Crippen LogP contribution in [-0.4, -0.2) is 22.0 Å². The molecule has 0 aliphatic heterocycles. The van der Waals surface area contributed by atoms with E-state index in [2.05, 4.69) is 26.0 Å². The zero-order valence-corrected chi connectivity index (χ0v) is 17.4. The van der Waals surface area contributed by atoms with Gasteiger partial charge in [-0.25, -0.2) is 4.98 Å². The number of fused-ring (bicyclic) bond motifs is 1. The van der Waals surface area contributed by atoms with Crippen LogP contribution in [0.15, 0.2) is 56.8 Å². The quantitative estimate of drug-likeness (QED) is 0.541. The van der Waals surface area contributed by atoms with Gasteiger partial charge < -0.3 is 4.74 Å². The van der Waals surface area contributed by atoms with Crippen molar-refractivity contribution in [2.24, 2.45) is 5.10 Å². The van der Waals surface area contributed by atoms with E-state index in [0.717, 1.165) is 15.8 Å². The van der Waals surface area contributed by atoms with E-state index < -0.39 is 0 Å². The van der Waals surface area contributed by atoms with E-state index in [1.807, 2.05) is 64.1 Å². The van der Waals surface area contributed by atoms with E-state index in [0.29, 0.717) is 16.7 Å². The first-order valence-electron chi connectivity index (χ1n) is 8.88. The molecule has 3 aromatic rings. The van der Waals surface area contributed by atoms with Crippen LogP contribution in [0.1, 0.15) is 45.0 Å². The van der Waals surface area contributed by atoms with Gasteiger partial charge in [0.05, 0.1) is 23.2 Å².